The van der Waals surface area contributed by atoms with Gasteiger partial charge in [-0.15, -0.1) is 13.2 Å². The van der Waals surface area contributed by atoms with E-state index in [9.17, 15) is 13.2 Å². The predicted molar refractivity (Wildman–Crippen MR) is 47.7 cm³/mol. The van der Waals surface area contributed by atoms with Crippen molar-refractivity contribution >= 4 is 21.7 Å². The van der Waals surface area contributed by atoms with Crippen LogP contribution in [0.4, 0.5) is 19.0 Å². The molecule has 0 unspecified atom stereocenters. The normalized spacial score (nSPS) is 10.9. The largest absolute Gasteiger partial charge is 0.573 e. The molecule has 0 aliphatic rings. The lowest BCUT2D eigenvalue weighted by molar-refractivity contribution is -0.274. The van der Waals surface area contributed by atoms with Gasteiger partial charge in [0.1, 0.15) is 11.9 Å². The highest BCUT2D eigenvalue weighted by Crippen LogP contribution is 2.30. The van der Waals surface area contributed by atoms with Gasteiger partial charge in [-0.25, -0.2) is 4.98 Å². The lowest BCUT2D eigenvalue weighted by Gasteiger charge is -2.10. The van der Waals surface area contributed by atoms with Crippen LogP contribution in [0.25, 0.3) is 0 Å². The summed E-state index contributed by atoms with van der Waals surface area (Å²) in [7, 11) is 0. The molecule has 15 heavy (non-hydrogen) atoms. The van der Waals surface area contributed by atoms with Gasteiger partial charge in [0.25, 0.3) is 0 Å². The van der Waals surface area contributed by atoms with E-state index >= 15 is 0 Å². The van der Waals surface area contributed by atoms with E-state index in [0.29, 0.717) is 0 Å². The summed E-state index contributed by atoms with van der Waals surface area (Å²) in [5.74, 6) is -0.771. The Bertz CT molecular complexity index is 427. The number of anilines is 1. The Hall–Kier alpha value is -1.49. The van der Waals surface area contributed by atoms with Crippen LogP contribution in [0.3, 0.4) is 0 Å². The zero-order valence-corrected chi connectivity index (χ0v) is 8.56. The number of halogens is 4. The Morgan fingerprint density at radius 1 is 1.53 bits per heavy atom. The van der Waals surface area contributed by atoms with Crippen molar-refractivity contribution in [3.8, 4) is 11.8 Å². The molecule has 80 valence electrons. The van der Waals surface area contributed by atoms with Gasteiger partial charge in [0.05, 0.1) is 4.47 Å². The second-order valence-electron chi connectivity index (χ2n) is 2.36. The first-order valence-corrected chi connectivity index (χ1v) is 4.24. The van der Waals surface area contributed by atoms with E-state index < -0.39 is 17.8 Å². The summed E-state index contributed by atoms with van der Waals surface area (Å²) in [5, 5.41) is 8.50. The van der Waals surface area contributed by atoms with Gasteiger partial charge >= 0.3 is 6.36 Å². The van der Waals surface area contributed by atoms with Crippen molar-refractivity contribution in [3.63, 3.8) is 0 Å². The van der Waals surface area contributed by atoms with E-state index in [1.165, 1.54) is 6.07 Å². The number of nitrogens with zero attached hydrogens (tertiary/aromatic N) is 2. The molecule has 4 nitrogen and oxygen atoms in total. The molecule has 0 saturated heterocycles. The Morgan fingerprint density at radius 2 is 2.13 bits per heavy atom. The first-order chi connectivity index (χ1) is 6.83. The quantitative estimate of drug-likeness (QED) is 0.857. The molecule has 0 spiro atoms. The summed E-state index contributed by atoms with van der Waals surface area (Å²) in [6.07, 6.45) is -4.87. The summed E-state index contributed by atoms with van der Waals surface area (Å²) in [5.41, 5.74) is 4.76. The number of nitriles is 1. The average Bonchev–Trinajstić information content (AvgIpc) is 2.08. The topological polar surface area (TPSA) is 71.9 Å². The minimum atomic E-state index is -4.87. The van der Waals surface area contributed by atoms with Crippen molar-refractivity contribution < 1.29 is 17.9 Å². The van der Waals surface area contributed by atoms with Gasteiger partial charge in [0, 0.05) is 6.07 Å². The number of pyridine rings is 1. The van der Waals surface area contributed by atoms with Crippen LogP contribution < -0.4 is 10.5 Å². The third-order valence-corrected chi connectivity index (χ3v) is 1.93. The van der Waals surface area contributed by atoms with E-state index in [2.05, 4.69) is 25.7 Å². The van der Waals surface area contributed by atoms with Crippen LogP contribution in [0, 0.1) is 11.3 Å². The monoisotopic (exact) mass is 281 g/mol. The fourth-order valence-electron chi connectivity index (χ4n) is 0.769. The molecule has 0 atom stereocenters. The molecular weight excluding hydrogens is 279 g/mol. The van der Waals surface area contributed by atoms with Crippen LogP contribution in [-0.4, -0.2) is 11.3 Å². The third kappa shape index (κ3) is 2.99. The van der Waals surface area contributed by atoms with Crippen molar-refractivity contribution in [2.45, 2.75) is 6.36 Å². The highest BCUT2D eigenvalue weighted by atomic mass is 79.9. The van der Waals surface area contributed by atoms with Crippen LogP contribution in [0.15, 0.2) is 10.5 Å². The van der Waals surface area contributed by atoms with E-state index in [1.54, 1.807) is 0 Å². The third-order valence-electron chi connectivity index (χ3n) is 1.30. The lowest BCUT2D eigenvalue weighted by atomic mass is 10.3. The molecule has 0 aliphatic carbocycles. The molecule has 1 rings (SSSR count). The first-order valence-electron chi connectivity index (χ1n) is 3.45. The minimum absolute atomic E-state index is 0.0823. The van der Waals surface area contributed by atoms with Gasteiger partial charge in [-0.3, -0.25) is 0 Å². The molecule has 0 fully saturated rings. The molecule has 1 aromatic rings. The summed E-state index contributed by atoms with van der Waals surface area (Å²) in [6, 6.07) is 2.39. The van der Waals surface area contributed by atoms with Gasteiger partial charge in [-0.1, -0.05) is 0 Å². The number of alkyl halides is 3. The molecule has 8 heteroatoms. The van der Waals surface area contributed by atoms with Crippen molar-refractivity contribution in [1.29, 1.82) is 5.26 Å². The van der Waals surface area contributed by atoms with E-state index in [-0.39, 0.29) is 10.3 Å². The van der Waals surface area contributed by atoms with Crippen LogP contribution in [0.1, 0.15) is 5.69 Å². The van der Waals surface area contributed by atoms with Crippen molar-refractivity contribution in [2.75, 3.05) is 5.73 Å². The van der Waals surface area contributed by atoms with Crippen LogP contribution in [0.2, 0.25) is 0 Å². The van der Waals surface area contributed by atoms with Crippen LogP contribution >= 0.6 is 15.9 Å². The van der Waals surface area contributed by atoms with Crippen LogP contribution in [-0.2, 0) is 0 Å². The van der Waals surface area contributed by atoms with Gasteiger partial charge in [0.15, 0.2) is 11.4 Å². The number of nitrogen functional groups attached to an aromatic ring is 1. The standard InChI is InChI=1S/C7H3BrF3N3O/c8-3-1-5(15-7(9,10)11)4(2-12)14-6(3)13/h1H,(H2,13,14). The number of rotatable bonds is 1. The number of hydrogen-bond acceptors (Lipinski definition) is 4. The number of nitrogens with two attached hydrogens (primary N) is 1. The fourth-order valence-corrected chi connectivity index (χ4v) is 1.07. The molecule has 0 bridgehead atoms. The zero-order chi connectivity index (χ0) is 11.6. The summed E-state index contributed by atoms with van der Waals surface area (Å²) in [6.45, 7) is 0. The van der Waals surface area contributed by atoms with Crippen molar-refractivity contribution in [2.24, 2.45) is 0 Å². The highest BCUT2D eigenvalue weighted by molar-refractivity contribution is 9.10. The number of aromatic nitrogens is 1. The molecule has 1 aromatic heterocycles. The molecule has 0 radical (unpaired) electrons. The molecule has 1 heterocycles. The SMILES string of the molecule is N#Cc1nc(N)c(Br)cc1OC(F)(F)F. The molecule has 2 N–H and O–H groups in total. The highest BCUT2D eigenvalue weighted by Gasteiger charge is 2.32. The maximum atomic E-state index is 11.9. The van der Waals surface area contributed by atoms with Gasteiger partial charge in [-0.05, 0) is 15.9 Å². The molecule has 0 amide bonds. The molecular formula is C7H3BrF3N3O. The molecule has 0 aliphatic heterocycles. The zero-order valence-electron chi connectivity index (χ0n) is 6.97. The summed E-state index contributed by atoms with van der Waals surface area (Å²) < 4.78 is 39.4. The van der Waals surface area contributed by atoms with Crippen LogP contribution in [0.5, 0.6) is 5.75 Å². The Labute approximate surface area is 90.6 Å². The lowest BCUT2D eigenvalue weighted by Crippen LogP contribution is -2.18. The predicted octanol–water partition coefficient (Wildman–Crippen LogP) is 2.20. The summed E-state index contributed by atoms with van der Waals surface area (Å²) in [4.78, 5) is 3.42. The molecule has 0 aromatic carbocycles. The maximum Gasteiger partial charge on any atom is 0.573 e. The summed E-state index contributed by atoms with van der Waals surface area (Å²) >= 11 is 2.87. The second kappa shape index (κ2) is 3.94. The average molecular weight is 282 g/mol. The first kappa shape index (κ1) is 11.6. The Kier molecular flexibility index (Phi) is 3.04. The minimum Gasteiger partial charge on any atom is -0.403 e. The van der Waals surface area contributed by atoms with Crippen molar-refractivity contribution in [3.05, 3.63) is 16.2 Å². The Balaban J connectivity index is 3.18. The van der Waals surface area contributed by atoms with Gasteiger partial charge < -0.3 is 10.5 Å². The Morgan fingerprint density at radius 3 is 2.60 bits per heavy atom. The van der Waals surface area contributed by atoms with E-state index in [0.717, 1.165) is 6.07 Å². The smallest absolute Gasteiger partial charge is 0.403 e. The van der Waals surface area contributed by atoms with Gasteiger partial charge in [0.2, 0.25) is 0 Å². The second-order valence-corrected chi connectivity index (χ2v) is 3.22. The fraction of sp³-hybridized carbons (Fsp3) is 0.143. The number of ether oxygens (including phenoxy) is 1. The van der Waals surface area contributed by atoms with Crippen molar-refractivity contribution in [1.82, 2.24) is 4.98 Å². The maximum absolute atomic E-state index is 11.9. The van der Waals surface area contributed by atoms with E-state index in [4.69, 9.17) is 11.0 Å². The van der Waals surface area contributed by atoms with E-state index in [1.807, 2.05) is 0 Å². The van der Waals surface area contributed by atoms with Gasteiger partial charge in [-0.2, -0.15) is 5.26 Å². The molecule has 0 saturated carbocycles. The number of hydrogen-bond donors (Lipinski definition) is 1.